The number of nitrogens with one attached hydrogen (secondary N) is 1. The minimum Gasteiger partial charge on any atom is -0.388 e. The number of carbonyl (C=O) groups excluding carboxylic acids is 1. The minimum absolute atomic E-state index is 0.0723. The third kappa shape index (κ3) is 4.84. The second kappa shape index (κ2) is 8.04. The Morgan fingerprint density at radius 2 is 1.96 bits per heavy atom. The summed E-state index contributed by atoms with van der Waals surface area (Å²) in [7, 11) is 1.78. The first kappa shape index (κ1) is 18.0. The number of hydrogen-bond acceptors (Lipinski definition) is 4. The number of rotatable bonds is 5. The van der Waals surface area contributed by atoms with Crippen molar-refractivity contribution in [1.29, 1.82) is 0 Å². The van der Waals surface area contributed by atoms with Gasteiger partial charge >= 0.3 is 6.03 Å². The molecule has 1 saturated heterocycles. The van der Waals surface area contributed by atoms with Crippen molar-refractivity contribution in [3.63, 3.8) is 0 Å². The van der Waals surface area contributed by atoms with Crippen LogP contribution in [-0.2, 0) is 0 Å². The highest BCUT2D eigenvalue weighted by Crippen LogP contribution is 2.30. The quantitative estimate of drug-likeness (QED) is 0.858. The number of carbonyl (C=O) groups is 1. The fourth-order valence-corrected chi connectivity index (χ4v) is 4.02. The molecule has 2 heterocycles. The Bertz CT molecular complexity index is 552. The molecule has 3 rings (SSSR count). The van der Waals surface area contributed by atoms with E-state index in [-0.39, 0.29) is 6.03 Å². The Morgan fingerprint density at radius 1 is 1.32 bits per heavy atom. The number of hydrogen-bond donors (Lipinski definition) is 2. The monoisotopic (exact) mass is 346 g/mol. The summed E-state index contributed by atoms with van der Waals surface area (Å²) in [6, 6.07) is 4.02. The largest absolute Gasteiger partial charge is 0.388 e. The SMILES string of the molecule is CN(CC1(O)CCCC1)C(=O)NCC1CCN(c2ccncc2)CC1. The highest BCUT2D eigenvalue weighted by atomic mass is 16.3. The van der Waals surface area contributed by atoms with Crippen LogP contribution in [0.1, 0.15) is 38.5 Å². The van der Waals surface area contributed by atoms with Gasteiger partial charge in [0.1, 0.15) is 0 Å². The zero-order chi connectivity index (χ0) is 17.7. The fourth-order valence-electron chi connectivity index (χ4n) is 4.02. The van der Waals surface area contributed by atoms with E-state index in [1.54, 1.807) is 11.9 Å². The first-order valence-electron chi connectivity index (χ1n) is 9.42. The van der Waals surface area contributed by atoms with Gasteiger partial charge in [-0.3, -0.25) is 4.98 Å². The normalized spacial score (nSPS) is 20.5. The van der Waals surface area contributed by atoms with Gasteiger partial charge in [-0.25, -0.2) is 4.79 Å². The number of anilines is 1. The number of aliphatic hydroxyl groups is 1. The Morgan fingerprint density at radius 3 is 2.60 bits per heavy atom. The van der Waals surface area contributed by atoms with Gasteiger partial charge in [0.2, 0.25) is 0 Å². The third-order valence-electron chi connectivity index (χ3n) is 5.60. The molecule has 1 aromatic heterocycles. The molecule has 2 aliphatic rings. The van der Waals surface area contributed by atoms with E-state index < -0.39 is 5.60 Å². The van der Waals surface area contributed by atoms with Crippen molar-refractivity contribution in [1.82, 2.24) is 15.2 Å². The van der Waals surface area contributed by atoms with Crippen LogP contribution in [0.5, 0.6) is 0 Å². The van der Waals surface area contributed by atoms with Crippen LogP contribution in [-0.4, -0.2) is 59.8 Å². The minimum atomic E-state index is -0.679. The van der Waals surface area contributed by atoms with Crippen LogP contribution < -0.4 is 10.2 Å². The standard InChI is InChI=1S/C19H30N4O2/c1-22(15-19(25)8-2-3-9-19)18(24)21-14-16-6-12-23(13-7-16)17-4-10-20-11-5-17/h4-5,10-11,16,25H,2-3,6-9,12-15H2,1H3,(H,21,24). The Labute approximate surface area is 150 Å². The van der Waals surface area contributed by atoms with Crippen LogP contribution in [0.15, 0.2) is 24.5 Å². The lowest BCUT2D eigenvalue weighted by atomic mass is 9.96. The van der Waals surface area contributed by atoms with E-state index in [0.717, 1.165) is 51.6 Å². The molecule has 0 radical (unpaired) electrons. The lowest BCUT2D eigenvalue weighted by Gasteiger charge is -2.34. The summed E-state index contributed by atoms with van der Waals surface area (Å²) in [6.07, 6.45) is 9.54. The van der Waals surface area contributed by atoms with Gasteiger partial charge in [-0.1, -0.05) is 12.8 Å². The summed E-state index contributed by atoms with van der Waals surface area (Å²) in [4.78, 5) is 20.4. The zero-order valence-corrected chi connectivity index (χ0v) is 15.2. The Balaban J connectivity index is 1.38. The summed E-state index contributed by atoms with van der Waals surface area (Å²) < 4.78 is 0. The van der Waals surface area contributed by atoms with Crippen molar-refractivity contribution in [2.24, 2.45) is 5.92 Å². The van der Waals surface area contributed by atoms with Crippen molar-refractivity contribution in [3.8, 4) is 0 Å². The van der Waals surface area contributed by atoms with Crippen molar-refractivity contribution in [3.05, 3.63) is 24.5 Å². The molecular weight excluding hydrogens is 316 g/mol. The van der Waals surface area contributed by atoms with Crippen LogP contribution in [0.3, 0.4) is 0 Å². The summed E-state index contributed by atoms with van der Waals surface area (Å²) in [5.41, 5.74) is 0.545. The van der Waals surface area contributed by atoms with E-state index in [9.17, 15) is 9.90 Å². The van der Waals surface area contributed by atoms with Gasteiger partial charge in [0.15, 0.2) is 0 Å². The molecule has 0 bridgehead atoms. The highest BCUT2D eigenvalue weighted by Gasteiger charge is 2.33. The Kier molecular flexibility index (Phi) is 5.78. The van der Waals surface area contributed by atoms with Gasteiger partial charge in [-0.05, 0) is 43.7 Å². The molecule has 2 N–H and O–H groups in total. The van der Waals surface area contributed by atoms with E-state index in [1.165, 1.54) is 5.69 Å². The molecule has 0 unspecified atom stereocenters. The molecule has 0 atom stereocenters. The molecule has 0 aromatic carbocycles. The molecule has 138 valence electrons. The summed E-state index contributed by atoms with van der Waals surface area (Å²) in [5, 5.41) is 13.5. The van der Waals surface area contributed by atoms with Crippen LogP contribution in [0.4, 0.5) is 10.5 Å². The second-order valence-corrected chi connectivity index (χ2v) is 7.61. The van der Waals surface area contributed by atoms with E-state index in [1.807, 2.05) is 24.5 Å². The van der Waals surface area contributed by atoms with Gasteiger partial charge in [-0.15, -0.1) is 0 Å². The predicted molar refractivity (Wildman–Crippen MR) is 98.6 cm³/mol. The number of urea groups is 1. The van der Waals surface area contributed by atoms with Gasteiger partial charge in [0.25, 0.3) is 0 Å². The number of pyridine rings is 1. The molecule has 1 aromatic rings. The van der Waals surface area contributed by atoms with Crippen LogP contribution in [0, 0.1) is 5.92 Å². The third-order valence-corrected chi connectivity index (χ3v) is 5.60. The molecule has 1 aliphatic carbocycles. The molecule has 0 spiro atoms. The van der Waals surface area contributed by atoms with E-state index >= 15 is 0 Å². The van der Waals surface area contributed by atoms with Crippen molar-refractivity contribution in [2.45, 2.75) is 44.1 Å². The summed E-state index contributed by atoms with van der Waals surface area (Å²) in [6.45, 7) is 3.17. The molecule has 6 heteroatoms. The second-order valence-electron chi connectivity index (χ2n) is 7.61. The molecule has 1 saturated carbocycles. The van der Waals surface area contributed by atoms with E-state index in [2.05, 4.69) is 15.2 Å². The maximum Gasteiger partial charge on any atom is 0.317 e. The van der Waals surface area contributed by atoms with Crippen molar-refractivity contribution < 1.29 is 9.90 Å². The van der Waals surface area contributed by atoms with Crippen molar-refractivity contribution in [2.75, 3.05) is 38.1 Å². The smallest absolute Gasteiger partial charge is 0.317 e. The number of amides is 2. The topological polar surface area (TPSA) is 68.7 Å². The molecule has 1 aliphatic heterocycles. The molecule has 6 nitrogen and oxygen atoms in total. The van der Waals surface area contributed by atoms with Crippen molar-refractivity contribution >= 4 is 11.7 Å². The van der Waals surface area contributed by atoms with Crippen LogP contribution in [0.2, 0.25) is 0 Å². The number of nitrogens with zero attached hydrogens (tertiary/aromatic N) is 3. The lowest BCUT2D eigenvalue weighted by Crippen LogP contribution is -2.47. The zero-order valence-electron chi connectivity index (χ0n) is 15.2. The van der Waals surface area contributed by atoms with Gasteiger partial charge in [0, 0.05) is 44.8 Å². The first-order valence-corrected chi connectivity index (χ1v) is 9.42. The molecule has 2 amide bonds. The van der Waals surface area contributed by atoms with E-state index in [0.29, 0.717) is 19.0 Å². The molecule has 25 heavy (non-hydrogen) atoms. The van der Waals surface area contributed by atoms with Gasteiger partial charge in [-0.2, -0.15) is 0 Å². The van der Waals surface area contributed by atoms with Gasteiger partial charge < -0.3 is 20.2 Å². The fraction of sp³-hybridized carbons (Fsp3) is 0.684. The number of aromatic nitrogens is 1. The van der Waals surface area contributed by atoms with E-state index in [4.69, 9.17) is 0 Å². The Hall–Kier alpha value is -1.82. The molecular formula is C19H30N4O2. The maximum atomic E-state index is 12.3. The summed E-state index contributed by atoms with van der Waals surface area (Å²) in [5.74, 6) is 0.519. The maximum absolute atomic E-state index is 12.3. The highest BCUT2D eigenvalue weighted by molar-refractivity contribution is 5.73. The number of likely N-dealkylation sites (N-methyl/N-ethyl adjacent to an activating group) is 1. The summed E-state index contributed by atoms with van der Waals surface area (Å²) >= 11 is 0. The lowest BCUT2D eigenvalue weighted by molar-refractivity contribution is 0.0246. The van der Waals surface area contributed by atoms with Crippen LogP contribution in [0.25, 0.3) is 0 Å². The average Bonchev–Trinajstić information content (AvgIpc) is 3.07. The van der Waals surface area contributed by atoms with Crippen LogP contribution >= 0.6 is 0 Å². The average molecular weight is 346 g/mol. The molecule has 2 fully saturated rings. The first-order chi connectivity index (χ1) is 12.1. The predicted octanol–water partition coefficient (Wildman–Crippen LogP) is 2.24. The number of piperidine rings is 1. The van der Waals surface area contributed by atoms with Gasteiger partial charge in [0.05, 0.1) is 12.1 Å².